The van der Waals surface area contributed by atoms with Gasteiger partial charge in [0.2, 0.25) is 0 Å². The Bertz CT molecular complexity index is 824. The van der Waals surface area contributed by atoms with Crippen LogP contribution in [0.5, 0.6) is 0 Å². The van der Waals surface area contributed by atoms with Crippen LogP contribution in [-0.4, -0.2) is 9.38 Å². The number of nitrogens with zero attached hydrogens (tertiary/aromatic N) is 1. The number of rotatable bonds is 1. The van der Waals surface area contributed by atoms with Gasteiger partial charge in [0.15, 0.2) is 0 Å². The molecule has 96 valence electrons. The summed E-state index contributed by atoms with van der Waals surface area (Å²) in [7, 11) is 0. The van der Waals surface area contributed by atoms with Crippen molar-refractivity contribution in [2.75, 3.05) is 0 Å². The minimum absolute atomic E-state index is 0.0925. The highest BCUT2D eigenvalue weighted by Gasteiger charge is 2.06. The molecule has 19 heavy (non-hydrogen) atoms. The Kier molecular flexibility index (Phi) is 2.56. The van der Waals surface area contributed by atoms with Gasteiger partial charge in [-0.05, 0) is 49.6 Å². The van der Waals surface area contributed by atoms with Crippen LogP contribution >= 0.6 is 0 Å². The normalized spacial score (nSPS) is 11.1. The predicted octanol–water partition coefficient (Wildman–Crippen LogP) is 3.22. The Labute approximate surface area is 111 Å². The fourth-order valence-electron chi connectivity index (χ4n) is 2.33. The number of hydrogen-bond donors (Lipinski definition) is 1. The second-order valence-corrected chi connectivity index (χ2v) is 5.08. The Morgan fingerprint density at radius 1 is 0.947 bits per heavy atom. The van der Waals surface area contributed by atoms with E-state index in [-0.39, 0.29) is 5.69 Å². The molecule has 0 aliphatic carbocycles. The number of hydrogen-bond acceptors (Lipinski definition) is 1. The van der Waals surface area contributed by atoms with E-state index in [4.69, 9.17) is 0 Å². The van der Waals surface area contributed by atoms with Gasteiger partial charge in [-0.3, -0.25) is 4.40 Å². The number of aromatic nitrogens is 2. The molecule has 0 saturated heterocycles. The first-order valence-electron chi connectivity index (χ1n) is 6.34. The Morgan fingerprint density at radius 3 is 2.47 bits per heavy atom. The fraction of sp³-hybridized carbons (Fsp3) is 0.188. The summed E-state index contributed by atoms with van der Waals surface area (Å²) in [6.07, 6.45) is 1.89. The van der Waals surface area contributed by atoms with Crippen LogP contribution in [0, 0.1) is 20.8 Å². The Morgan fingerprint density at radius 2 is 1.74 bits per heavy atom. The first-order valence-corrected chi connectivity index (χ1v) is 6.34. The molecule has 0 radical (unpaired) electrons. The average Bonchev–Trinajstić information content (AvgIpc) is 2.76. The first kappa shape index (κ1) is 11.8. The van der Waals surface area contributed by atoms with Gasteiger partial charge in [0.1, 0.15) is 0 Å². The molecule has 3 rings (SSSR count). The van der Waals surface area contributed by atoms with Crippen LogP contribution in [0.2, 0.25) is 0 Å². The molecule has 1 N–H and O–H groups in total. The molecular formula is C16H16N2O. The quantitative estimate of drug-likeness (QED) is 0.709. The van der Waals surface area contributed by atoms with Gasteiger partial charge >= 0.3 is 5.69 Å². The zero-order chi connectivity index (χ0) is 13.6. The van der Waals surface area contributed by atoms with Crippen LogP contribution in [0.15, 0.2) is 41.3 Å². The third kappa shape index (κ3) is 1.97. The fourth-order valence-corrected chi connectivity index (χ4v) is 2.33. The van der Waals surface area contributed by atoms with Crippen LogP contribution in [0.1, 0.15) is 16.8 Å². The molecule has 0 fully saturated rings. The van der Waals surface area contributed by atoms with Gasteiger partial charge in [-0.15, -0.1) is 0 Å². The van der Waals surface area contributed by atoms with Crippen LogP contribution in [0.25, 0.3) is 16.6 Å². The molecule has 0 saturated carbocycles. The van der Waals surface area contributed by atoms with Crippen molar-refractivity contribution in [3.05, 3.63) is 63.8 Å². The number of nitrogens with one attached hydrogen (secondary N) is 1. The molecule has 3 heteroatoms. The molecule has 0 aliphatic rings. The van der Waals surface area contributed by atoms with Gasteiger partial charge in [-0.25, -0.2) is 4.79 Å². The smallest absolute Gasteiger partial charge is 0.311 e. The maximum Gasteiger partial charge on any atom is 0.330 e. The second-order valence-electron chi connectivity index (χ2n) is 5.08. The highest BCUT2D eigenvalue weighted by atomic mass is 16.1. The van der Waals surface area contributed by atoms with Gasteiger partial charge < -0.3 is 4.98 Å². The van der Waals surface area contributed by atoms with E-state index in [0.717, 1.165) is 22.3 Å². The van der Waals surface area contributed by atoms with Gasteiger partial charge in [0.05, 0.1) is 5.52 Å². The van der Waals surface area contributed by atoms with E-state index >= 15 is 0 Å². The van der Waals surface area contributed by atoms with Crippen molar-refractivity contribution in [3.8, 4) is 11.1 Å². The van der Waals surface area contributed by atoms with E-state index in [1.165, 1.54) is 11.1 Å². The summed E-state index contributed by atoms with van der Waals surface area (Å²) in [6.45, 7) is 6.10. The van der Waals surface area contributed by atoms with Crippen LogP contribution in [0.4, 0.5) is 0 Å². The van der Waals surface area contributed by atoms with Crippen LogP contribution in [-0.2, 0) is 0 Å². The van der Waals surface area contributed by atoms with Crippen LogP contribution < -0.4 is 5.69 Å². The van der Waals surface area contributed by atoms with Crippen molar-refractivity contribution in [1.82, 2.24) is 9.38 Å². The monoisotopic (exact) mass is 252 g/mol. The summed E-state index contributed by atoms with van der Waals surface area (Å²) in [5.74, 6) is 0. The molecule has 2 heterocycles. The second kappa shape index (κ2) is 4.12. The zero-order valence-electron chi connectivity index (χ0n) is 11.3. The highest BCUT2D eigenvalue weighted by Crippen LogP contribution is 2.24. The van der Waals surface area contributed by atoms with Gasteiger partial charge in [-0.1, -0.05) is 18.2 Å². The predicted molar refractivity (Wildman–Crippen MR) is 77.7 cm³/mol. The van der Waals surface area contributed by atoms with E-state index in [2.05, 4.69) is 37.0 Å². The van der Waals surface area contributed by atoms with Crippen LogP contribution in [0.3, 0.4) is 0 Å². The van der Waals surface area contributed by atoms with Crippen molar-refractivity contribution in [2.24, 2.45) is 0 Å². The van der Waals surface area contributed by atoms with E-state index in [0.29, 0.717) is 0 Å². The lowest BCUT2D eigenvalue weighted by molar-refractivity contribution is 0.979. The van der Waals surface area contributed by atoms with Crippen molar-refractivity contribution < 1.29 is 0 Å². The van der Waals surface area contributed by atoms with Crippen molar-refractivity contribution in [2.45, 2.75) is 20.8 Å². The van der Waals surface area contributed by atoms with Gasteiger partial charge in [0, 0.05) is 17.5 Å². The molecule has 0 aliphatic heterocycles. The lowest BCUT2D eigenvalue weighted by Crippen LogP contribution is -2.15. The molecule has 0 amide bonds. The first-order chi connectivity index (χ1) is 9.04. The lowest BCUT2D eigenvalue weighted by Gasteiger charge is -2.02. The molecule has 1 aromatic carbocycles. The average molecular weight is 252 g/mol. The zero-order valence-corrected chi connectivity index (χ0v) is 11.3. The SMILES string of the molecule is Cc1cc2cc(-c3ccc(C)c(C)c3)cn2c(=O)[nH]1. The Balaban J connectivity index is 2.23. The molecule has 0 spiro atoms. The van der Waals surface area contributed by atoms with Crippen molar-refractivity contribution in [3.63, 3.8) is 0 Å². The number of aryl methyl sites for hydroxylation is 3. The molecule has 3 nitrogen and oxygen atoms in total. The van der Waals surface area contributed by atoms with E-state index in [1.54, 1.807) is 4.40 Å². The van der Waals surface area contributed by atoms with E-state index in [9.17, 15) is 4.79 Å². The topological polar surface area (TPSA) is 37.3 Å². The summed E-state index contributed by atoms with van der Waals surface area (Å²) >= 11 is 0. The summed E-state index contributed by atoms with van der Waals surface area (Å²) in [5, 5.41) is 0. The molecule has 3 aromatic rings. The summed E-state index contributed by atoms with van der Waals surface area (Å²) in [5.41, 5.74) is 6.46. The summed E-state index contributed by atoms with van der Waals surface area (Å²) in [6, 6.07) is 10.4. The number of H-pyrrole nitrogens is 1. The van der Waals surface area contributed by atoms with Crippen molar-refractivity contribution in [1.29, 1.82) is 0 Å². The number of fused-ring (bicyclic) bond motifs is 1. The molecule has 0 unspecified atom stereocenters. The lowest BCUT2D eigenvalue weighted by atomic mass is 10.0. The third-order valence-electron chi connectivity index (χ3n) is 3.58. The summed E-state index contributed by atoms with van der Waals surface area (Å²) < 4.78 is 1.65. The number of benzene rings is 1. The van der Waals surface area contributed by atoms with E-state index in [1.807, 2.05) is 25.3 Å². The molecule has 0 atom stereocenters. The standard InChI is InChI=1S/C16H16N2O/c1-10-4-5-13(6-11(10)2)14-8-15-7-12(3)17-16(19)18(15)9-14/h4-9H,1-3H3,(H,17,19). The molecular weight excluding hydrogens is 236 g/mol. The highest BCUT2D eigenvalue weighted by molar-refractivity contribution is 5.71. The van der Waals surface area contributed by atoms with Gasteiger partial charge in [-0.2, -0.15) is 0 Å². The molecule has 0 bridgehead atoms. The summed E-state index contributed by atoms with van der Waals surface area (Å²) in [4.78, 5) is 14.7. The minimum atomic E-state index is -0.0925. The maximum absolute atomic E-state index is 11.9. The third-order valence-corrected chi connectivity index (χ3v) is 3.58. The van der Waals surface area contributed by atoms with Gasteiger partial charge in [0.25, 0.3) is 0 Å². The Hall–Kier alpha value is -2.29. The maximum atomic E-state index is 11.9. The van der Waals surface area contributed by atoms with E-state index < -0.39 is 0 Å². The minimum Gasteiger partial charge on any atom is -0.311 e. The van der Waals surface area contributed by atoms with Crippen molar-refractivity contribution >= 4 is 5.52 Å². The molecule has 2 aromatic heterocycles. The number of aromatic amines is 1. The largest absolute Gasteiger partial charge is 0.330 e.